The molecule has 0 aromatic rings. The summed E-state index contributed by atoms with van der Waals surface area (Å²) in [7, 11) is 2.06. The Labute approximate surface area is 63.5 Å². The molecule has 0 saturated carbocycles. The van der Waals surface area contributed by atoms with Crippen LogP contribution in [-0.4, -0.2) is 13.6 Å². The van der Waals surface area contributed by atoms with Crippen molar-refractivity contribution in [2.24, 2.45) is 0 Å². The molecular formula is C3H11Cl3N-. The molecular weight excluding hydrogens is 156 g/mol. The molecule has 0 aliphatic rings. The van der Waals surface area contributed by atoms with Crippen LogP contribution in [0.25, 0.3) is 0 Å². The summed E-state index contributed by atoms with van der Waals surface area (Å²) in [5, 5.41) is 2.12. The molecule has 0 amide bonds. The molecule has 0 unspecified atom stereocenters. The molecule has 0 saturated heterocycles. The summed E-state index contributed by atoms with van der Waals surface area (Å²) in [6.07, 6.45) is 0. The zero-order valence-corrected chi connectivity index (χ0v) is 6.78. The van der Waals surface area contributed by atoms with Gasteiger partial charge in [0.2, 0.25) is 0 Å². The van der Waals surface area contributed by atoms with Gasteiger partial charge in [-0.1, -0.05) is 0 Å². The quantitative estimate of drug-likeness (QED) is 0.400. The number of hydrogen-bond acceptors (Lipinski definition) is 0. The molecule has 0 aliphatic carbocycles. The van der Waals surface area contributed by atoms with Gasteiger partial charge < -0.3 is 30.1 Å². The van der Waals surface area contributed by atoms with Crippen molar-refractivity contribution in [3.63, 3.8) is 0 Å². The first-order valence-corrected chi connectivity index (χ1v) is 1.69. The molecule has 0 fully saturated rings. The minimum atomic E-state index is 0. The predicted octanol–water partition coefficient (Wildman–Crippen LogP) is -6.37. The lowest BCUT2D eigenvalue weighted by Gasteiger charge is -1.73. The Kier molecular flexibility index (Phi) is 103. The van der Waals surface area contributed by atoms with E-state index in [-0.39, 0.29) is 37.2 Å². The molecule has 0 aromatic heterocycles. The number of rotatable bonds is 1. The largest absolute Gasteiger partial charge is 1.00 e. The maximum absolute atomic E-state index is 2.12. The van der Waals surface area contributed by atoms with Crippen LogP contribution in [0.1, 0.15) is 6.92 Å². The van der Waals surface area contributed by atoms with Crippen LogP contribution in [0.5, 0.6) is 0 Å². The number of nitrogens with two attached hydrogens (primary N) is 1. The molecule has 0 bridgehead atoms. The van der Waals surface area contributed by atoms with E-state index in [1.165, 1.54) is 6.54 Å². The van der Waals surface area contributed by atoms with E-state index in [0.29, 0.717) is 0 Å². The average Bonchev–Trinajstić information content (AvgIpc) is 1.37. The fraction of sp³-hybridized carbons (Fsp3) is 1.00. The fourth-order valence-corrected chi connectivity index (χ4v) is 0. The molecule has 0 aromatic carbocycles. The van der Waals surface area contributed by atoms with E-state index in [2.05, 4.69) is 19.3 Å². The summed E-state index contributed by atoms with van der Waals surface area (Å²) in [5.74, 6) is 0. The molecule has 1 nitrogen and oxygen atoms in total. The molecule has 0 rings (SSSR count). The second-order valence-corrected chi connectivity index (χ2v) is 0.816. The van der Waals surface area contributed by atoms with E-state index < -0.39 is 0 Å². The monoisotopic (exact) mass is 166 g/mol. The predicted molar refractivity (Wildman–Crippen MR) is 25.6 cm³/mol. The fourth-order valence-electron chi connectivity index (χ4n) is 0. The Morgan fingerprint density at radius 1 is 1.29 bits per heavy atom. The highest BCUT2D eigenvalue weighted by Gasteiger charge is 1.54. The first kappa shape index (κ1) is 24.9. The molecule has 0 atom stereocenters. The zero-order valence-electron chi connectivity index (χ0n) is 4.45. The highest BCUT2D eigenvalue weighted by atomic mass is 35.5. The summed E-state index contributed by atoms with van der Waals surface area (Å²) < 4.78 is 0. The highest BCUT2D eigenvalue weighted by Crippen LogP contribution is 1.18. The van der Waals surface area contributed by atoms with Crippen molar-refractivity contribution < 1.29 is 30.1 Å². The maximum atomic E-state index is 2.12. The van der Waals surface area contributed by atoms with Crippen LogP contribution in [0, 0.1) is 0 Å². The van der Waals surface area contributed by atoms with E-state index in [4.69, 9.17) is 0 Å². The topological polar surface area (TPSA) is 16.6 Å². The van der Waals surface area contributed by atoms with E-state index in [1.54, 1.807) is 0 Å². The van der Waals surface area contributed by atoms with E-state index in [0.717, 1.165) is 0 Å². The molecule has 50 valence electrons. The summed E-state index contributed by atoms with van der Waals surface area (Å²) >= 11 is 0. The highest BCUT2D eigenvalue weighted by molar-refractivity contribution is 5.85. The van der Waals surface area contributed by atoms with Crippen LogP contribution in [-0.2, 0) is 0 Å². The second-order valence-electron chi connectivity index (χ2n) is 0.816. The Bertz CT molecular complexity index is 12.1. The third-order valence-electron chi connectivity index (χ3n) is 0.408. The van der Waals surface area contributed by atoms with Crippen molar-refractivity contribution >= 4 is 12.4 Å². The van der Waals surface area contributed by atoms with Crippen LogP contribution < -0.4 is 30.1 Å². The Balaban J connectivity index is -0.0000000150. The van der Waals surface area contributed by atoms with Gasteiger partial charge in [0.1, 0.15) is 0 Å². The smallest absolute Gasteiger partial charge is 0.0724 e. The van der Waals surface area contributed by atoms with Gasteiger partial charge >= 0.3 is 0 Å². The van der Waals surface area contributed by atoms with Crippen LogP contribution in [0.4, 0.5) is 0 Å². The first-order chi connectivity index (χ1) is 1.91. The third-order valence-corrected chi connectivity index (χ3v) is 0.408. The van der Waals surface area contributed by atoms with Gasteiger partial charge in [-0.05, 0) is 6.92 Å². The van der Waals surface area contributed by atoms with Gasteiger partial charge in [0.25, 0.3) is 0 Å². The Morgan fingerprint density at radius 2 is 1.43 bits per heavy atom. The molecule has 7 heavy (non-hydrogen) atoms. The van der Waals surface area contributed by atoms with Gasteiger partial charge in [-0.15, -0.1) is 12.4 Å². The second kappa shape index (κ2) is 29.0. The molecule has 2 N–H and O–H groups in total. The lowest BCUT2D eigenvalue weighted by Crippen LogP contribution is -3.00. The van der Waals surface area contributed by atoms with E-state index in [9.17, 15) is 0 Å². The van der Waals surface area contributed by atoms with Gasteiger partial charge in [-0.2, -0.15) is 0 Å². The Morgan fingerprint density at radius 3 is 1.43 bits per heavy atom. The molecule has 0 spiro atoms. The lowest BCUT2D eigenvalue weighted by molar-refractivity contribution is -0.623. The van der Waals surface area contributed by atoms with Crippen LogP contribution in [0.2, 0.25) is 0 Å². The number of halogens is 3. The van der Waals surface area contributed by atoms with Crippen molar-refractivity contribution in [2.45, 2.75) is 6.92 Å². The van der Waals surface area contributed by atoms with Gasteiger partial charge in [0.15, 0.2) is 0 Å². The molecule has 0 heterocycles. The third kappa shape index (κ3) is 47.6. The van der Waals surface area contributed by atoms with Crippen LogP contribution in [0.15, 0.2) is 0 Å². The van der Waals surface area contributed by atoms with Crippen molar-refractivity contribution in [3.8, 4) is 0 Å². The number of hydrogen-bond donors (Lipinski definition) is 1. The molecule has 4 heteroatoms. The summed E-state index contributed by atoms with van der Waals surface area (Å²) in [6, 6.07) is 0. The zero-order chi connectivity index (χ0) is 3.41. The first-order valence-electron chi connectivity index (χ1n) is 1.69. The van der Waals surface area contributed by atoms with Crippen molar-refractivity contribution in [1.82, 2.24) is 0 Å². The Hall–Kier alpha value is 0.830. The van der Waals surface area contributed by atoms with Gasteiger partial charge in [-0.3, -0.25) is 0 Å². The SMILES string of the molecule is CC[NH2+]C.Cl.[Cl-].[Cl-]. The van der Waals surface area contributed by atoms with Crippen LogP contribution >= 0.6 is 12.4 Å². The summed E-state index contributed by atoms with van der Waals surface area (Å²) in [6.45, 7) is 3.32. The molecule has 0 aliphatic heterocycles. The van der Waals surface area contributed by atoms with Crippen molar-refractivity contribution in [3.05, 3.63) is 0 Å². The van der Waals surface area contributed by atoms with Gasteiger partial charge in [0, 0.05) is 0 Å². The molecule has 0 radical (unpaired) electrons. The number of quaternary nitrogens is 1. The van der Waals surface area contributed by atoms with Crippen molar-refractivity contribution in [1.29, 1.82) is 0 Å². The average molecular weight is 167 g/mol. The van der Waals surface area contributed by atoms with E-state index in [1.807, 2.05) is 0 Å². The van der Waals surface area contributed by atoms with E-state index >= 15 is 0 Å². The minimum Gasteiger partial charge on any atom is -1.00 e. The van der Waals surface area contributed by atoms with Crippen molar-refractivity contribution in [2.75, 3.05) is 13.6 Å². The standard InChI is InChI=1S/C3H9N.3ClH/c1-3-4-2;;;/h4H,3H2,1-2H3;3*1H/p-1. The van der Waals surface area contributed by atoms with Crippen LogP contribution in [0.3, 0.4) is 0 Å². The lowest BCUT2D eigenvalue weighted by atomic mass is 10.8. The summed E-state index contributed by atoms with van der Waals surface area (Å²) in [5.41, 5.74) is 0. The normalized spacial score (nSPS) is 4.29. The van der Waals surface area contributed by atoms with Gasteiger partial charge in [0.05, 0.1) is 13.6 Å². The summed E-state index contributed by atoms with van der Waals surface area (Å²) in [4.78, 5) is 0. The minimum absolute atomic E-state index is 0. The van der Waals surface area contributed by atoms with Gasteiger partial charge in [-0.25, -0.2) is 0 Å². The maximum Gasteiger partial charge on any atom is 0.0724 e.